The molecule has 0 radical (unpaired) electrons. The fourth-order valence-electron chi connectivity index (χ4n) is 3.64. The van der Waals surface area contributed by atoms with Crippen molar-refractivity contribution in [2.24, 2.45) is 5.92 Å². The highest BCUT2D eigenvalue weighted by Gasteiger charge is 2.28. The van der Waals surface area contributed by atoms with Gasteiger partial charge in [0.15, 0.2) is 9.84 Å². The van der Waals surface area contributed by atoms with Crippen molar-refractivity contribution in [2.45, 2.75) is 31.9 Å². The van der Waals surface area contributed by atoms with Crippen molar-refractivity contribution in [1.82, 2.24) is 25.1 Å². The maximum absolute atomic E-state index is 12.2. The molecule has 11 nitrogen and oxygen atoms in total. The van der Waals surface area contributed by atoms with Gasteiger partial charge in [0, 0.05) is 25.8 Å². The third kappa shape index (κ3) is 5.21. The molecule has 1 saturated heterocycles. The molecule has 0 saturated carbocycles. The molecule has 0 aliphatic carbocycles. The van der Waals surface area contributed by atoms with Crippen LogP contribution < -0.4 is 15.5 Å². The van der Waals surface area contributed by atoms with Crippen LogP contribution in [0.25, 0.3) is 11.6 Å². The van der Waals surface area contributed by atoms with Crippen molar-refractivity contribution in [1.29, 1.82) is 0 Å². The van der Waals surface area contributed by atoms with Gasteiger partial charge in [0.05, 0.1) is 11.0 Å². The fourth-order valence-corrected chi connectivity index (χ4v) is 5.02. The molecule has 0 amide bonds. The Hall–Kier alpha value is -3.28. The summed E-state index contributed by atoms with van der Waals surface area (Å²) in [6.45, 7) is 4.73. The maximum Gasteiger partial charge on any atom is 0.324 e. The maximum atomic E-state index is 12.2. The highest BCUT2D eigenvalue weighted by molar-refractivity contribution is 7.91. The normalized spacial score (nSPS) is 15.2. The highest BCUT2D eigenvalue weighted by atomic mass is 32.2. The lowest BCUT2D eigenvalue weighted by Crippen LogP contribution is -2.37. The number of nitrogens with zero attached hydrogens (tertiary/aromatic N) is 7. The summed E-state index contributed by atoms with van der Waals surface area (Å²) in [5.74, 6) is 1.20. The summed E-state index contributed by atoms with van der Waals surface area (Å²) < 4.78 is 29.9. The number of anilines is 4. The number of hydrogen-bond acceptors (Lipinski definition) is 11. The van der Waals surface area contributed by atoms with Crippen LogP contribution in [0.5, 0.6) is 0 Å². The Morgan fingerprint density at radius 1 is 1.09 bits per heavy atom. The molecule has 0 spiro atoms. The van der Waals surface area contributed by atoms with Gasteiger partial charge in [0.1, 0.15) is 0 Å². The molecule has 4 rings (SSSR count). The number of para-hydroxylation sites is 1. The summed E-state index contributed by atoms with van der Waals surface area (Å²) in [6, 6.07) is 9.99. The SMILES string of the molecule is CC(C)S(=O)(=O)CC1CCN(c2nc(-c3nc(N)nc(N(C)c4ccccc4)n3)no2)CC1. The van der Waals surface area contributed by atoms with Gasteiger partial charge in [-0.05, 0) is 44.7 Å². The zero-order chi connectivity index (χ0) is 23.6. The molecule has 3 heterocycles. The van der Waals surface area contributed by atoms with Crippen molar-refractivity contribution >= 4 is 33.4 Å². The summed E-state index contributed by atoms with van der Waals surface area (Å²) >= 11 is 0. The van der Waals surface area contributed by atoms with E-state index >= 15 is 0 Å². The first-order valence-corrected chi connectivity index (χ1v) is 12.6. The molecule has 33 heavy (non-hydrogen) atoms. The molecule has 1 aliphatic rings. The van der Waals surface area contributed by atoms with Crippen LogP contribution in [0.1, 0.15) is 26.7 Å². The van der Waals surface area contributed by atoms with E-state index in [1.807, 2.05) is 42.3 Å². The molecular weight excluding hydrogens is 444 g/mol. The van der Waals surface area contributed by atoms with E-state index in [0.717, 1.165) is 18.5 Å². The average molecular weight is 473 g/mol. The number of sulfone groups is 1. The first kappa shape index (κ1) is 22.9. The third-order valence-electron chi connectivity index (χ3n) is 5.77. The zero-order valence-electron chi connectivity index (χ0n) is 18.9. The van der Waals surface area contributed by atoms with E-state index in [9.17, 15) is 8.42 Å². The van der Waals surface area contributed by atoms with Gasteiger partial charge in [-0.3, -0.25) is 0 Å². The van der Waals surface area contributed by atoms with E-state index < -0.39 is 9.84 Å². The molecule has 1 aliphatic heterocycles. The predicted molar refractivity (Wildman–Crippen MR) is 126 cm³/mol. The van der Waals surface area contributed by atoms with Crippen LogP contribution in [-0.2, 0) is 9.84 Å². The van der Waals surface area contributed by atoms with Gasteiger partial charge in [0.2, 0.25) is 23.5 Å². The molecule has 3 aromatic rings. The van der Waals surface area contributed by atoms with Gasteiger partial charge < -0.3 is 20.1 Å². The number of hydrogen-bond donors (Lipinski definition) is 1. The topological polar surface area (TPSA) is 144 Å². The molecule has 1 fully saturated rings. The van der Waals surface area contributed by atoms with Crippen molar-refractivity contribution in [3.8, 4) is 11.6 Å². The average Bonchev–Trinajstić information content (AvgIpc) is 3.29. The molecular formula is C21H28N8O3S. The van der Waals surface area contributed by atoms with E-state index in [4.69, 9.17) is 10.3 Å². The first-order valence-electron chi connectivity index (χ1n) is 10.8. The summed E-state index contributed by atoms with van der Waals surface area (Å²) in [5, 5.41) is 3.67. The van der Waals surface area contributed by atoms with Crippen LogP contribution in [0.3, 0.4) is 0 Å². The van der Waals surface area contributed by atoms with E-state index in [2.05, 4.69) is 25.1 Å². The first-order chi connectivity index (χ1) is 15.7. The fraction of sp³-hybridized carbons (Fsp3) is 0.476. The number of aromatic nitrogens is 5. The van der Waals surface area contributed by atoms with Gasteiger partial charge in [-0.2, -0.15) is 19.9 Å². The minimum absolute atomic E-state index is 0.0521. The van der Waals surface area contributed by atoms with Crippen molar-refractivity contribution < 1.29 is 12.9 Å². The summed E-state index contributed by atoms with van der Waals surface area (Å²) in [4.78, 5) is 21.0. The van der Waals surface area contributed by atoms with Gasteiger partial charge in [-0.1, -0.05) is 23.4 Å². The van der Waals surface area contributed by atoms with Gasteiger partial charge in [0.25, 0.3) is 0 Å². The van der Waals surface area contributed by atoms with E-state index in [1.54, 1.807) is 18.7 Å². The smallest absolute Gasteiger partial charge is 0.324 e. The Labute approximate surface area is 193 Å². The van der Waals surface area contributed by atoms with Crippen molar-refractivity contribution in [3.05, 3.63) is 30.3 Å². The van der Waals surface area contributed by atoms with Crippen LogP contribution in [0.15, 0.2) is 34.9 Å². The van der Waals surface area contributed by atoms with Gasteiger partial charge in [-0.15, -0.1) is 0 Å². The summed E-state index contributed by atoms with van der Waals surface area (Å²) in [6.07, 6.45) is 1.49. The monoisotopic (exact) mass is 472 g/mol. The van der Waals surface area contributed by atoms with E-state index in [0.29, 0.717) is 25.1 Å². The molecule has 2 aromatic heterocycles. The number of benzene rings is 1. The quantitative estimate of drug-likeness (QED) is 0.540. The molecule has 0 atom stereocenters. The molecule has 176 valence electrons. The van der Waals surface area contributed by atoms with Crippen LogP contribution >= 0.6 is 0 Å². The standard InChI is InChI=1S/C21H28N8O3S/c1-14(2)33(30,31)13-15-9-11-29(12-10-15)21-25-18(27-32-21)17-23-19(22)26-20(24-17)28(3)16-7-5-4-6-8-16/h4-8,14-15H,9-13H2,1-3H3,(H2,22,23,24,26). The lowest BCUT2D eigenvalue weighted by molar-refractivity contribution is 0.376. The number of nitrogens with two attached hydrogens (primary N) is 1. The zero-order valence-corrected chi connectivity index (χ0v) is 19.7. The Morgan fingerprint density at radius 2 is 1.79 bits per heavy atom. The predicted octanol–water partition coefficient (Wildman–Crippen LogP) is 2.31. The van der Waals surface area contributed by atoms with Gasteiger partial charge >= 0.3 is 6.01 Å². The lowest BCUT2D eigenvalue weighted by atomic mass is 9.99. The van der Waals surface area contributed by atoms with E-state index in [-0.39, 0.29) is 34.5 Å². The van der Waals surface area contributed by atoms with E-state index in [1.165, 1.54) is 0 Å². The third-order valence-corrected chi connectivity index (χ3v) is 8.14. The van der Waals surface area contributed by atoms with Crippen LogP contribution in [0, 0.1) is 5.92 Å². The molecule has 0 bridgehead atoms. The number of rotatable bonds is 7. The van der Waals surface area contributed by atoms with Crippen molar-refractivity contribution in [3.63, 3.8) is 0 Å². The van der Waals surface area contributed by atoms with Crippen LogP contribution in [0.4, 0.5) is 23.6 Å². The second-order valence-electron chi connectivity index (χ2n) is 8.42. The Kier molecular flexibility index (Phi) is 6.45. The Bertz CT molecular complexity index is 1190. The number of piperidine rings is 1. The Morgan fingerprint density at radius 3 is 2.45 bits per heavy atom. The summed E-state index contributed by atoms with van der Waals surface area (Å²) in [5.41, 5.74) is 6.81. The minimum atomic E-state index is -3.06. The van der Waals surface area contributed by atoms with Crippen LogP contribution in [0.2, 0.25) is 0 Å². The minimum Gasteiger partial charge on any atom is -0.368 e. The number of nitrogen functional groups attached to an aromatic ring is 1. The highest BCUT2D eigenvalue weighted by Crippen LogP contribution is 2.27. The second kappa shape index (κ2) is 9.30. The molecule has 1 aromatic carbocycles. The van der Waals surface area contributed by atoms with Crippen molar-refractivity contribution in [2.75, 3.05) is 41.4 Å². The van der Waals surface area contributed by atoms with Crippen LogP contribution in [-0.4, -0.2) is 64.7 Å². The largest absolute Gasteiger partial charge is 0.368 e. The van der Waals surface area contributed by atoms with Gasteiger partial charge in [-0.25, -0.2) is 8.42 Å². The second-order valence-corrected chi connectivity index (χ2v) is 11.0. The molecule has 0 unspecified atom stereocenters. The molecule has 12 heteroatoms. The lowest BCUT2D eigenvalue weighted by Gasteiger charge is -2.30. The summed E-state index contributed by atoms with van der Waals surface area (Å²) in [7, 11) is -1.22. The molecule has 2 N–H and O–H groups in total. The Balaban J connectivity index is 1.46.